The van der Waals surface area contributed by atoms with Crippen LogP contribution in [-0.2, 0) is 0 Å². The number of fused-ring (bicyclic) bond motifs is 1. The summed E-state index contributed by atoms with van der Waals surface area (Å²) in [6.45, 7) is 3.60. The van der Waals surface area contributed by atoms with Gasteiger partial charge in [0.05, 0.1) is 5.69 Å². The molecule has 0 spiro atoms. The van der Waals surface area contributed by atoms with Crippen molar-refractivity contribution in [1.82, 2.24) is 4.98 Å². The van der Waals surface area contributed by atoms with Crippen molar-refractivity contribution in [3.63, 3.8) is 0 Å². The molecular weight excluding hydrogens is 267 g/mol. The Morgan fingerprint density at radius 3 is 2.67 bits per heavy atom. The first kappa shape index (κ1) is 13.4. The lowest BCUT2D eigenvalue weighted by atomic mass is 10.2. The summed E-state index contributed by atoms with van der Waals surface area (Å²) < 4.78 is 19.3. The van der Waals surface area contributed by atoms with E-state index in [9.17, 15) is 4.39 Å². The van der Waals surface area contributed by atoms with Crippen LogP contribution < -0.4 is 10.5 Å². The Balaban J connectivity index is 2.10. The van der Waals surface area contributed by atoms with Gasteiger partial charge in [-0.3, -0.25) is 0 Å². The molecule has 0 unspecified atom stereocenters. The van der Waals surface area contributed by atoms with Gasteiger partial charge in [0.1, 0.15) is 11.3 Å². The number of rotatable bonds is 2. The molecule has 0 amide bonds. The maximum Gasteiger partial charge on any atom is 0.153 e. The van der Waals surface area contributed by atoms with Crippen LogP contribution in [0.5, 0.6) is 11.5 Å². The number of nitrogen functional groups attached to an aromatic ring is 1. The van der Waals surface area contributed by atoms with Crippen LogP contribution in [0, 0.1) is 19.7 Å². The molecule has 0 radical (unpaired) electrons. The molecule has 1 heterocycles. The summed E-state index contributed by atoms with van der Waals surface area (Å²) in [5, 5.41) is 0.982. The van der Waals surface area contributed by atoms with Crippen LogP contribution in [0.3, 0.4) is 0 Å². The van der Waals surface area contributed by atoms with Crippen LogP contribution in [0.2, 0.25) is 0 Å². The number of benzene rings is 2. The zero-order valence-corrected chi connectivity index (χ0v) is 11.9. The third-order valence-electron chi connectivity index (χ3n) is 3.33. The second-order valence-corrected chi connectivity index (χ2v) is 5.02. The predicted octanol–water partition coefficient (Wildman–Crippen LogP) is 4.37. The topological polar surface area (TPSA) is 48.1 Å². The van der Waals surface area contributed by atoms with Gasteiger partial charge in [-0.1, -0.05) is 18.2 Å². The Morgan fingerprint density at radius 1 is 1.05 bits per heavy atom. The average Bonchev–Trinajstić information content (AvgIpc) is 2.45. The first-order chi connectivity index (χ1) is 10.0. The van der Waals surface area contributed by atoms with Gasteiger partial charge < -0.3 is 10.5 Å². The van der Waals surface area contributed by atoms with E-state index < -0.39 is 0 Å². The average molecular weight is 282 g/mol. The SMILES string of the molecule is Cc1ccc2cccc(Oc3cc(C)c(F)cc3N)c2n1. The summed E-state index contributed by atoms with van der Waals surface area (Å²) >= 11 is 0. The first-order valence-electron chi connectivity index (χ1n) is 6.64. The summed E-state index contributed by atoms with van der Waals surface area (Å²) in [5.74, 6) is 0.699. The van der Waals surface area contributed by atoms with Gasteiger partial charge in [0.2, 0.25) is 0 Å². The van der Waals surface area contributed by atoms with Gasteiger partial charge in [-0.2, -0.15) is 0 Å². The lowest BCUT2D eigenvalue weighted by Gasteiger charge is -2.12. The Labute approximate surface area is 122 Å². The highest BCUT2D eigenvalue weighted by molar-refractivity contribution is 5.85. The number of pyridine rings is 1. The van der Waals surface area contributed by atoms with Crippen LogP contribution in [0.15, 0.2) is 42.5 Å². The van der Waals surface area contributed by atoms with Crippen LogP contribution in [0.4, 0.5) is 10.1 Å². The van der Waals surface area contributed by atoms with Crippen molar-refractivity contribution in [3.8, 4) is 11.5 Å². The molecule has 0 atom stereocenters. The molecule has 21 heavy (non-hydrogen) atoms. The molecule has 4 heteroatoms. The van der Waals surface area contributed by atoms with E-state index >= 15 is 0 Å². The van der Waals surface area contributed by atoms with Crippen molar-refractivity contribution >= 4 is 16.6 Å². The number of nitrogens with zero attached hydrogens (tertiary/aromatic N) is 1. The van der Waals surface area contributed by atoms with Crippen LogP contribution in [-0.4, -0.2) is 4.98 Å². The summed E-state index contributed by atoms with van der Waals surface area (Å²) in [6, 6.07) is 12.5. The van der Waals surface area contributed by atoms with Gasteiger partial charge in [-0.25, -0.2) is 9.37 Å². The molecule has 3 nitrogen and oxygen atoms in total. The molecule has 2 aromatic carbocycles. The molecule has 1 aromatic heterocycles. The smallest absolute Gasteiger partial charge is 0.153 e. The van der Waals surface area contributed by atoms with E-state index in [1.165, 1.54) is 6.07 Å². The zero-order valence-electron chi connectivity index (χ0n) is 11.9. The van der Waals surface area contributed by atoms with Gasteiger partial charge in [0.15, 0.2) is 11.5 Å². The fourth-order valence-electron chi connectivity index (χ4n) is 2.18. The number of hydrogen-bond acceptors (Lipinski definition) is 3. The highest BCUT2D eigenvalue weighted by Crippen LogP contribution is 2.33. The molecule has 0 fully saturated rings. The van der Waals surface area contributed by atoms with E-state index in [4.69, 9.17) is 10.5 Å². The van der Waals surface area contributed by atoms with Crippen molar-refractivity contribution in [3.05, 3.63) is 59.5 Å². The second-order valence-electron chi connectivity index (χ2n) is 5.02. The maximum absolute atomic E-state index is 13.5. The third-order valence-corrected chi connectivity index (χ3v) is 3.33. The molecule has 0 saturated carbocycles. The number of hydrogen-bond donors (Lipinski definition) is 1. The highest BCUT2D eigenvalue weighted by Gasteiger charge is 2.10. The number of anilines is 1. The van der Waals surface area contributed by atoms with Crippen LogP contribution in [0.25, 0.3) is 10.9 Å². The van der Waals surface area contributed by atoms with Crippen LogP contribution in [0.1, 0.15) is 11.3 Å². The van der Waals surface area contributed by atoms with Gasteiger partial charge in [0, 0.05) is 17.1 Å². The number of nitrogens with two attached hydrogens (primary N) is 1. The van der Waals surface area contributed by atoms with E-state index in [2.05, 4.69) is 4.98 Å². The molecule has 3 aromatic rings. The predicted molar refractivity (Wildman–Crippen MR) is 82.1 cm³/mol. The van der Waals surface area contributed by atoms with Crippen molar-refractivity contribution in [2.45, 2.75) is 13.8 Å². The minimum absolute atomic E-state index is 0.266. The Kier molecular flexibility index (Phi) is 3.22. The summed E-state index contributed by atoms with van der Waals surface area (Å²) in [5.41, 5.74) is 8.25. The van der Waals surface area contributed by atoms with Gasteiger partial charge in [-0.15, -0.1) is 0 Å². The quantitative estimate of drug-likeness (QED) is 0.710. The first-order valence-corrected chi connectivity index (χ1v) is 6.64. The molecule has 0 aliphatic rings. The lowest BCUT2D eigenvalue weighted by Crippen LogP contribution is -1.96. The lowest BCUT2D eigenvalue weighted by molar-refractivity contribution is 0.486. The maximum atomic E-state index is 13.5. The van der Waals surface area contributed by atoms with Crippen molar-refractivity contribution in [1.29, 1.82) is 0 Å². The van der Waals surface area contributed by atoms with Crippen molar-refractivity contribution in [2.75, 3.05) is 5.73 Å². The largest absolute Gasteiger partial charge is 0.453 e. The number of halogens is 1. The molecule has 0 saturated heterocycles. The fraction of sp³-hybridized carbons (Fsp3) is 0.118. The standard InChI is InChI=1S/C17H15FN2O/c1-10-8-16(14(19)9-13(10)18)21-15-5-3-4-12-7-6-11(2)20-17(12)15/h3-9H,19H2,1-2H3. The molecule has 3 rings (SSSR count). The van der Waals surface area contributed by atoms with E-state index in [0.717, 1.165) is 16.6 Å². The van der Waals surface area contributed by atoms with Gasteiger partial charge in [-0.05, 0) is 37.6 Å². The van der Waals surface area contributed by atoms with Gasteiger partial charge >= 0.3 is 0 Å². The van der Waals surface area contributed by atoms with Crippen LogP contribution >= 0.6 is 0 Å². The summed E-state index contributed by atoms with van der Waals surface area (Å²) in [4.78, 5) is 4.50. The zero-order chi connectivity index (χ0) is 15.0. The second kappa shape index (κ2) is 5.05. The number of ether oxygens (including phenoxy) is 1. The van der Waals surface area contributed by atoms with Gasteiger partial charge in [0.25, 0.3) is 0 Å². The van der Waals surface area contributed by atoms with Crippen molar-refractivity contribution < 1.29 is 9.13 Å². The normalized spacial score (nSPS) is 10.8. The number of aromatic nitrogens is 1. The number of aryl methyl sites for hydroxylation is 2. The Bertz CT molecular complexity index is 830. The highest BCUT2D eigenvalue weighted by atomic mass is 19.1. The Morgan fingerprint density at radius 2 is 1.86 bits per heavy atom. The number of para-hydroxylation sites is 1. The van der Waals surface area contributed by atoms with E-state index in [0.29, 0.717) is 17.1 Å². The molecule has 0 aliphatic heterocycles. The molecule has 0 aliphatic carbocycles. The molecule has 106 valence electrons. The van der Waals surface area contributed by atoms with E-state index in [-0.39, 0.29) is 11.5 Å². The molecular formula is C17H15FN2O. The molecule has 2 N–H and O–H groups in total. The third kappa shape index (κ3) is 2.52. The minimum Gasteiger partial charge on any atom is -0.453 e. The van der Waals surface area contributed by atoms with Crippen molar-refractivity contribution in [2.24, 2.45) is 0 Å². The Hall–Kier alpha value is -2.62. The fourth-order valence-corrected chi connectivity index (χ4v) is 2.18. The summed E-state index contributed by atoms with van der Waals surface area (Å²) in [7, 11) is 0. The summed E-state index contributed by atoms with van der Waals surface area (Å²) in [6.07, 6.45) is 0. The van der Waals surface area contributed by atoms with E-state index in [1.54, 1.807) is 13.0 Å². The van der Waals surface area contributed by atoms with E-state index in [1.807, 2.05) is 37.3 Å². The molecule has 0 bridgehead atoms. The monoisotopic (exact) mass is 282 g/mol. The minimum atomic E-state index is -0.341.